The Balaban J connectivity index is 2.10. The first-order valence-electron chi connectivity index (χ1n) is 8.45. The van der Waals surface area contributed by atoms with E-state index in [4.69, 9.17) is 34.8 Å². The van der Waals surface area contributed by atoms with Gasteiger partial charge in [0.15, 0.2) is 0 Å². The lowest BCUT2D eigenvalue weighted by molar-refractivity contribution is 0.109. The van der Waals surface area contributed by atoms with Crippen LogP contribution in [0.2, 0.25) is 0 Å². The second kappa shape index (κ2) is 8.08. The maximum atomic E-state index is 6.77. The Labute approximate surface area is 145 Å². The molecule has 3 atom stereocenters. The number of halogens is 3. The largest absolute Gasteiger partial charge is 0.309 e. The third-order valence-corrected chi connectivity index (χ3v) is 6.84. The molecule has 0 bridgehead atoms. The Bertz CT molecular complexity index is 303. The van der Waals surface area contributed by atoms with Crippen molar-refractivity contribution in [2.24, 2.45) is 23.7 Å². The van der Waals surface area contributed by atoms with Crippen LogP contribution in [0.3, 0.4) is 0 Å². The lowest BCUT2D eigenvalue weighted by atomic mass is 9.67. The summed E-state index contributed by atoms with van der Waals surface area (Å²) in [5.74, 6) is 2.46. The van der Waals surface area contributed by atoms with Gasteiger partial charge in [0, 0.05) is 22.7 Å². The summed E-state index contributed by atoms with van der Waals surface area (Å²) in [6.07, 6.45) is 7.02. The van der Waals surface area contributed by atoms with Crippen molar-refractivity contribution < 1.29 is 0 Å². The summed E-state index contributed by atoms with van der Waals surface area (Å²) in [6.45, 7) is 3.38. The van der Waals surface area contributed by atoms with Crippen LogP contribution in [0.5, 0.6) is 0 Å². The van der Waals surface area contributed by atoms with Crippen molar-refractivity contribution in [3.63, 3.8) is 0 Å². The lowest BCUT2D eigenvalue weighted by Crippen LogP contribution is -2.45. The fraction of sp³-hybridized carbons (Fsp3) is 1.00. The Morgan fingerprint density at radius 2 is 1.48 bits per heavy atom. The topological polar surface area (TPSA) is 3.24 Å². The van der Waals surface area contributed by atoms with E-state index in [-0.39, 0.29) is 10.8 Å². The minimum atomic E-state index is 0.231. The maximum absolute atomic E-state index is 6.77. The summed E-state index contributed by atoms with van der Waals surface area (Å²) in [5, 5.41) is 0.844. The Hall–Kier alpha value is 0.830. The van der Waals surface area contributed by atoms with Gasteiger partial charge in [-0.25, -0.2) is 0 Å². The molecule has 0 aromatic rings. The standard InChI is InChI=1S/C17H30Cl3N/c1-11-8-15(19)17(16(20)9-11)14(10-21(2)3)12-4-6-13(18)7-5-12/h11-17H,4-10H2,1-3H3. The number of nitrogens with zero attached hydrogens (tertiary/aromatic N) is 1. The van der Waals surface area contributed by atoms with E-state index in [1.165, 1.54) is 12.8 Å². The molecule has 0 spiro atoms. The van der Waals surface area contributed by atoms with E-state index in [1.54, 1.807) is 0 Å². The number of hydrogen-bond acceptors (Lipinski definition) is 1. The average Bonchev–Trinajstić information content (AvgIpc) is 2.37. The van der Waals surface area contributed by atoms with Gasteiger partial charge in [-0.15, -0.1) is 34.8 Å². The zero-order chi connectivity index (χ0) is 15.6. The molecule has 0 heterocycles. The predicted octanol–water partition coefficient (Wildman–Crippen LogP) is 5.22. The van der Waals surface area contributed by atoms with Crippen LogP contribution < -0.4 is 0 Å². The van der Waals surface area contributed by atoms with Gasteiger partial charge in [0.05, 0.1) is 0 Å². The van der Waals surface area contributed by atoms with Crippen LogP contribution in [0.15, 0.2) is 0 Å². The molecule has 0 radical (unpaired) electrons. The molecule has 1 nitrogen and oxygen atoms in total. The normalized spacial score (nSPS) is 43.0. The van der Waals surface area contributed by atoms with Crippen molar-refractivity contribution in [3.05, 3.63) is 0 Å². The van der Waals surface area contributed by atoms with Gasteiger partial charge >= 0.3 is 0 Å². The minimum absolute atomic E-state index is 0.231. The fourth-order valence-electron chi connectivity index (χ4n) is 4.46. The van der Waals surface area contributed by atoms with E-state index in [0.717, 1.165) is 38.1 Å². The molecule has 0 aromatic carbocycles. The number of hydrogen-bond donors (Lipinski definition) is 0. The molecule has 4 heteroatoms. The highest BCUT2D eigenvalue weighted by atomic mass is 35.5. The van der Waals surface area contributed by atoms with E-state index in [9.17, 15) is 0 Å². The molecule has 0 aliphatic heterocycles. The molecule has 2 aliphatic rings. The minimum Gasteiger partial charge on any atom is -0.309 e. The van der Waals surface area contributed by atoms with Gasteiger partial charge in [-0.3, -0.25) is 0 Å². The van der Waals surface area contributed by atoms with Crippen molar-refractivity contribution in [1.29, 1.82) is 0 Å². The van der Waals surface area contributed by atoms with E-state index in [1.807, 2.05) is 0 Å². The molecule has 2 saturated carbocycles. The van der Waals surface area contributed by atoms with Crippen LogP contribution in [0.4, 0.5) is 0 Å². The zero-order valence-corrected chi connectivity index (χ0v) is 15.8. The number of alkyl halides is 3. The molecule has 0 aromatic heterocycles. The van der Waals surface area contributed by atoms with Crippen molar-refractivity contribution in [2.45, 2.75) is 61.6 Å². The third kappa shape index (κ3) is 4.90. The van der Waals surface area contributed by atoms with Crippen LogP contribution in [0.1, 0.15) is 45.4 Å². The molecule has 0 saturated heterocycles. The van der Waals surface area contributed by atoms with Gasteiger partial charge in [-0.05, 0) is 76.3 Å². The maximum Gasteiger partial charge on any atom is 0.0384 e. The monoisotopic (exact) mass is 353 g/mol. The highest BCUT2D eigenvalue weighted by molar-refractivity contribution is 6.24. The summed E-state index contributed by atoms with van der Waals surface area (Å²) in [7, 11) is 4.33. The first kappa shape index (κ1) is 18.2. The Morgan fingerprint density at radius 3 is 1.95 bits per heavy atom. The van der Waals surface area contributed by atoms with Crippen LogP contribution in [-0.4, -0.2) is 41.7 Å². The molecule has 3 unspecified atom stereocenters. The van der Waals surface area contributed by atoms with Gasteiger partial charge in [0.1, 0.15) is 0 Å². The molecule has 2 rings (SSSR count). The first-order chi connectivity index (χ1) is 9.88. The van der Waals surface area contributed by atoms with E-state index in [0.29, 0.717) is 23.1 Å². The lowest BCUT2D eigenvalue weighted by Gasteiger charge is -2.45. The van der Waals surface area contributed by atoms with Crippen molar-refractivity contribution in [1.82, 2.24) is 4.90 Å². The summed E-state index contributed by atoms with van der Waals surface area (Å²) < 4.78 is 0. The van der Waals surface area contributed by atoms with Crippen LogP contribution in [0, 0.1) is 23.7 Å². The third-order valence-electron chi connectivity index (χ3n) is 5.47. The van der Waals surface area contributed by atoms with Crippen molar-refractivity contribution >= 4 is 34.8 Å². The molecule has 21 heavy (non-hydrogen) atoms. The van der Waals surface area contributed by atoms with E-state index < -0.39 is 0 Å². The zero-order valence-electron chi connectivity index (χ0n) is 13.6. The quantitative estimate of drug-likeness (QED) is 0.625. The Morgan fingerprint density at radius 1 is 0.952 bits per heavy atom. The molecule has 124 valence electrons. The highest BCUT2D eigenvalue weighted by Gasteiger charge is 2.42. The van der Waals surface area contributed by atoms with Gasteiger partial charge < -0.3 is 4.90 Å². The van der Waals surface area contributed by atoms with Gasteiger partial charge in [0.2, 0.25) is 0 Å². The van der Waals surface area contributed by atoms with Crippen LogP contribution in [-0.2, 0) is 0 Å². The summed E-state index contributed by atoms with van der Waals surface area (Å²) >= 11 is 19.8. The van der Waals surface area contributed by atoms with Gasteiger partial charge in [-0.1, -0.05) is 6.92 Å². The summed E-state index contributed by atoms with van der Waals surface area (Å²) in [5.41, 5.74) is 0. The number of rotatable bonds is 4. The molecule has 0 amide bonds. The molecule has 2 aliphatic carbocycles. The van der Waals surface area contributed by atoms with Gasteiger partial charge in [-0.2, -0.15) is 0 Å². The van der Waals surface area contributed by atoms with Crippen molar-refractivity contribution in [3.8, 4) is 0 Å². The highest BCUT2D eigenvalue weighted by Crippen LogP contribution is 2.45. The van der Waals surface area contributed by atoms with E-state index in [2.05, 4.69) is 25.9 Å². The first-order valence-corrected chi connectivity index (χ1v) is 9.76. The van der Waals surface area contributed by atoms with Crippen LogP contribution >= 0.6 is 34.8 Å². The second-order valence-corrected chi connectivity index (χ2v) is 9.36. The molecular weight excluding hydrogens is 325 g/mol. The summed E-state index contributed by atoms with van der Waals surface area (Å²) in [4.78, 5) is 2.31. The van der Waals surface area contributed by atoms with E-state index >= 15 is 0 Å². The molecule has 0 N–H and O–H groups in total. The second-order valence-electron chi connectivity index (χ2n) is 7.62. The Kier molecular flexibility index (Phi) is 7.00. The molecular formula is C17H30Cl3N. The van der Waals surface area contributed by atoms with Crippen LogP contribution in [0.25, 0.3) is 0 Å². The average molecular weight is 355 g/mol. The smallest absolute Gasteiger partial charge is 0.0384 e. The summed E-state index contributed by atoms with van der Waals surface area (Å²) in [6, 6.07) is 0. The SMILES string of the molecule is CC1CC(Cl)C(C(CN(C)C)C2CCC(Cl)CC2)C(Cl)C1. The van der Waals surface area contributed by atoms with Gasteiger partial charge in [0.25, 0.3) is 0 Å². The van der Waals surface area contributed by atoms with Crippen molar-refractivity contribution in [2.75, 3.05) is 20.6 Å². The predicted molar refractivity (Wildman–Crippen MR) is 94.8 cm³/mol. The fourth-order valence-corrected chi connectivity index (χ4v) is 6.12. The molecule has 2 fully saturated rings.